The Hall–Kier alpha value is -1.88. The molecule has 126 valence electrons. The number of ketones is 1. The van der Waals surface area contributed by atoms with Gasteiger partial charge in [0.05, 0.1) is 12.0 Å². The number of hydrogen-bond donors (Lipinski definition) is 1. The fourth-order valence-corrected chi connectivity index (χ4v) is 3.26. The molecule has 0 aliphatic carbocycles. The highest BCUT2D eigenvalue weighted by molar-refractivity contribution is 5.88. The summed E-state index contributed by atoms with van der Waals surface area (Å²) in [4.78, 5) is 13.5. The number of benzene rings is 1. The molecular formula is C18H26N2O3. The predicted molar refractivity (Wildman–Crippen MR) is 89.9 cm³/mol. The standard InChI is InChI=1S/C18H26N2O3/c1-3-23-17(19-22)18(16-7-5-4-6-8-16)10-13-20(14-11-18)12-9-15(2)21/h4-8,22H,3,9-14H2,1-2H3/b19-17-. The van der Waals surface area contributed by atoms with Gasteiger partial charge in [-0.1, -0.05) is 35.5 Å². The fourth-order valence-electron chi connectivity index (χ4n) is 3.26. The molecule has 23 heavy (non-hydrogen) atoms. The number of likely N-dealkylation sites (tertiary alicyclic amines) is 1. The second-order valence-corrected chi connectivity index (χ2v) is 6.08. The molecular weight excluding hydrogens is 292 g/mol. The van der Waals surface area contributed by atoms with Gasteiger partial charge in [0.1, 0.15) is 5.78 Å². The van der Waals surface area contributed by atoms with Crippen molar-refractivity contribution in [3.05, 3.63) is 35.9 Å². The largest absolute Gasteiger partial charge is 0.478 e. The molecule has 0 spiro atoms. The predicted octanol–water partition coefficient (Wildman–Crippen LogP) is 2.82. The first kappa shape index (κ1) is 17.5. The Kier molecular flexibility index (Phi) is 6.16. The molecule has 0 saturated carbocycles. The summed E-state index contributed by atoms with van der Waals surface area (Å²) in [5, 5.41) is 13.0. The van der Waals surface area contributed by atoms with E-state index in [0.29, 0.717) is 18.9 Å². The zero-order valence-corrected chi connectivity index (χ0v) is 14.0. The number of carbonyl (C=O) groups is 1. The Labute approximate surface area is 137 Å². The molecule has 0 unspecified atom stereocenters. The lowest BCUT2D eigenvalue weighted by atomic mass is 9.72. The van der Waals surface area contributed by atoms with Crippen LogP contribution in [0.4, 0.5) is 0 Å². The van der Waals surface area contributed by atoms with Crippen LogP contribution in [0.5, 0.6) is 0 Å². The molecule has 0 radical (unpaired) electrons. The molecule has 1 heterocycles. The van der Waals surface area contributed by atoms with Crippen LogP contribution in [-0.2, 0) is 14.9 Å². The normalized spacial score (nSPS) is 18.6. The maximum absolute atomic E-state index is 11.2. The van der Waals surface area contributed by atoms with Crippen LogP contribution in [0.15, 0.2) is 35.5 Å². The summed E-state index contributed by atoms with van der Waals surface area (Å²) in [6, 6.07) is 10.1. The van der Waals surface area contributed by atoms with Crippen LogP contribution in [0.25, 0.3) is 0 Å². The van der Waals surface area contributed by atoms with E-state index in [1.54, 1.807) is 6.92 Å². The maximum Gasteiger partial charge on any atom is 0.236 e. The van der Waals surface area contributed by atoms with Crippen molar-refractivity contribution in [1.82, 2.24) is 4.90 Å². The molecule has 1 aromatic rings. The molecule has 0 bridgehead atoms. The van der Waals surface area contributed by atoms with Gasteiger partial charge in [-0.25, -0.2) is 0 Å². The average molecular weight is 318 g/mol. The van der Waals surface area contributed by atoms with Crippen LogP contribution in [-0.4, -0.2) is 48.0 Å². The minimum atomic E-state index is -0.390. The summed E-state index contributed by atoms with van der Waals surface area (Å²) in [7, 11) is 0. The fraction of sp³-hybridized carbons (Fsp3) is 0.556. The highest BCUT2D eigenvalue weighted by atomic mass is 16.5. The highest BCUT2D eigenvalue weighted by Crippen LogP contribution is 2.37. The van der Waals surface area contributed by atoms with Crippen LogP contribution in [0.1, 0.15) is 38.7 Å². The number of nitrogens with zero attached hydrogens (tertiary/aromatic N) is 2. The van der Waals surface area contributed by atoms with E-state index in [0.717, 1.165) is 38.0 Å². The van der Waals surface area contributed by atoms with Crippen molar-refractivity contribution in [1.29, 1.82) is 0 Å². The van der Waals surface area contributed by atoms with Gasteiger partial charge in [0, 0.05) is 13.0 Å². The third kappa shape index (κ3) is 4.10. The lowest BCUT2D eigenvalue weighted by Crippen LogP contribution is -2.48. The maximum atomic E-state index is 11.2. The van der Waals surface area contributed by atoms with E-state index in [1.807, 2.05) is 25.1 Å². The zero-order valence-electron chi connectivity index (χ0n) is 14.0. The van der Waals surface area contributed by atoms with Crippen LogP contribution < -0.4 is 0 Å². The average Bonchev–Trinajstić information content (AvgIpc) is 2.59. The van der Waals surface area contributed by atoms with Crippen LogP contribution in [0.2, 0.25) is 0 Å². The second-order valence-electron chi connectivity index (χ2n) is 6.08. The summed E-state index contributed by atoms with van der Waals surface area (Å²) in [5.74, 6) is 0.620. The van der Waals surface area contributed by atoms with Crippen LogP contribution in [0, 0.1) is 0 Å². The van der Waals surface area contributed by atoms with E-state index < -0.39 is 5.41 Å². The quantitative estimate of drug-likeness (QED) is 0.379. The summed E-state index contributed by atoms with van der Waals surface area (Å²) in [5.41, 5.74) is 0.728. The first-order chi connectivity index (χ1) is 11.1. The summed E-state index contributed by atoms with van der Waals surface area (Å²) >= 11 is 0. The number of carbonyl (C=O) groups excluding carboxylic acids is 1. The lowest BCUT2D eigenvalue weighted by Gasteiger charge is -2.41. The molecule has 0 aromatic heterocycles. The SMILES string of the molecule is CCO/C(=N\O)C1(c2ccccc2)CCN(CCC(C)=O)CC1. The number of hydrogen-bond acceptors (Lipinski definition) is 5. The Bertz CT molecular complexity index is 534. The third-order valence-corrected chi connectivity index (χ3v) is 4.60. The number of piperidine rings is 1. The van der Waals surface area contributed by atoms with Gasteiger partial charge < -0.3 is 14.8 Å². The van der Waals surface area contributed by atoms with Crippen molar-refractivity contribution >= 4 is 11.7 Å². The summed E-state index contributed by atoms with van der Waals surface area (Å²) in [6.45, 7) is 6.50. The first-order valence-corrected chi connectivity index (χ1v) is 8.25. The van der Waals surface area contributed by atoms with Crippen molar-refractivity contribution in [2.75, 3.05) is 26.2 Å². The molecule has 1 aliphatic rings. The minimum absolute atomic E-state index is 0.219. The van der Waals surface area contributed by atoms with Crippen LogP contribution >= 0.6 is 0 Å². The van der Waals surface area contributed by atoms with Crippen molar-refractivity contribution in [2.45, 2.75) is 38.5 Å². The van der Waals surface area contributed by atoms with Crippen LogP contribution in [0.3, 0.4) is 0 Å². The van der Waals surface area contributed by atoms with Gasteiger partial charge in [-0.3, -0.25) is 4.79 Å². The molecule has 0 amide bonds. The first-order valence-electron chi connectivity index (χ1n) is 8.25. The molecule has 5 heteroatoms. The number of oxime groups is 1. The smallest absolute Gasteiger partial charge is 0.236 e. The van der Waals surface area contributed by atoms with Gasteiger partial charge in [-0.15, -0.1) is 0 Å². The van der Waals surface area contributed by atoms with Gasteiger partial charge in [-0.2, -0.15) is 0 Å². The molecule has 1 fully saturated rings. The highest BCUT2D eigenvalue weighted by Gasteiger charge is 2.42. The van der Waals surface area contributed by atoms with Gasteiger partial charge in [0.2, 0.25) is 5.90 Å². The molecule has 2 rings (SSSR count). The number of Topliss-reactive ketones (excluding diaryl/α,β-unsaturated/α-hetero) is 1. The molecule has 5 nitrogen and oxygen atoms in total. The molecule has 1 N–H and O–H groups in total. The van der Waals surface area contributed by atoms with E-state index in [9.17, 15) is 10.0 Å². The molecule has 1 saturated heterocycles. The third-order valence-electron chi connectivity index (χ3n) is 4.60. The Morgan fingerprint density at radius 2 is 1.96 bits per heavy atom. The van der Waals surface area contributed by atoms with Crippen molar-refractivity contribution in [3.63, 3.8) is 0 Å². The lowest BCUT2D eigenvalue weighted by molar-refractivity contribution is -0.117. The van der Waals surface area contributed by atoms with Gasteiger partial charge >= 0.3 is 0 Å². The summed E-state index contributed by atoms with van der Waals surface area (Å²) in [6.07, 6.45) is 2.22. The van der Waals surface area contributed by atoms with Gasteiger partial charge in [-0.05, 0) is 45.3 Å². The number of ether oxygens (including phenoxy) is 1. The van der Waals surface area contributed by atoms with Crippen molar-refractivity contribution in [3.8, 4) is 0 Å². The molecule has 1 aromatic carbocycles. The molecule has 0 atom stereocenters. The van der Waals surface area contributed by atoms with E-state index in [1.165, 1.54) is 0 Å². The monoisotopic (exact) mass is 318 g/mol. The van der Waals surface area contributed by atoms with Crippen molar-refractivity contribution < 1.29 is 14.7 Å². The van der Waals surface area contributed by atoms with Gasteiger partial charge in [0.15, 0.2) is 0 Å². The van der Waals surface area contributed by atoms with Gasteiger partial charge in [0.25, 0.3) is 0 Å². The van der Waals surface area contributed by atoms with Crippen molar-refractivity contribution in [2.24, 2.45) is 5.16 Å². The zero-order chi connectivity index (χ0) is 16.7. The second kappa shape index (κ2) is 8.11. The topological polar surface area (TPSA) is 62.1 Å². The Balaban J connectivity index is 2.19. The molecule has 1 aliphatic heterocycles. The van der Waals surface area contributed by atoms with E-state index in [4.69, 9.17) is 4.74 Å². The number of rotatable bonds is 6. The van der Waals surface area contributed by atoms with E-state index >= 15 is 0 Å². The Morgan fingerprint density at radius 3 is 2.48 bits per heavy atom. The van der Waals surface area contributed by atoms with E-state index in [2.05, 4.69) is 22.2 Å². The minimum Gasteiger partial charge on any atom is -0.478 e. The summed E-state index contributed by atoms with van der Waals surface area (Å²) < 4.78 is 5.65. The Morgan fingerprint density at radius 1 is 1.30 bits per heavy atom. The van der Waals surface area contributed by atoms with E-state index in [-0.39, 0.29) is 5.78 Å².